The molecule has 23 heavy (non-hydrogen) atoms. The van der Waals surface area contributed by atoms with Crippen LogP contribution in [0.1, 0.15) is 31.8 Å². The first kappa shape index (κ1) is 13.9. The van der Waals surface area contributed by atoms with E-state index < -0.39 is 17.4 Å². The zero-order valence-corrected chi connectivity index (χ0v) is 12.5. The molecule has 0 saturated carbocycles. The maximum absolute atomic E-state index is 13.5. The van der Waals surface area contributed by atoms with E-state index in [1.165, 1.54) is 0 Å². The molecular weight excluding hydrogens is 295 g/mol. The first-order valence-corrected chi connectivity index (χ1v) is 7.39. The molecule has 3 nitrogen and oxygen atoms in total. The largest absolute Gasteiger partial charge is 0.497 e. The molecule has 0 aromatic heterocycles. The molecule has 0 unspecified atom stereocenters. The molecule has 2 aromatic carbocycles. The smallest absolute Gasteiger partial charge is 0.222 e. The Balaban J connectivity index is 1.95. The number of Topliss-reactive ketones (excluding diaryl/α,β-unsaturated/α-hetero) is 1. The molecule has 0 N–H and O–H groups in total. The highest BCUT2D eigenvalue weighted by atomic mass is 19.1. The zero-order chi connectivity index (χ0) is 16.1. The van der Waals surface area contributed by atoms with Gasteiger partial charge in [0.1, 0.15) is 5.75 Å². The van der Waals surface area contributed by atoms with E-state index in [-0.39, 0.29) is 5.56 Å². The number of benzene rings is 2. The Hall–Kier alpha value is -2.75. The second-order valence-electron chi connectivity index (χ2n) is 5.72. The van der Waals surface area contributed by atoms with Gasteiger partial charge in [-0.1, -0.05) is 12.1 Å². The van der Waals surface area contributed by atoms with E-state index in [1.807, 2.05) is 24.3 Å². The van der Waals surface area contributed by atoms with Gasteiger partial charge in [0, 0.05) is 17.2 Å². The number of rotatable bonds is 1. The summed E-state index contributed by atoms with van der Waals surface area (Å²) in [4.78, 5) is 24.2. The van der Waals surface area contributed by atoms with E-state index in [2.05, 4.69) is 0 Å². The van der Waals surface area contributed by atoms with Gasteiger partial charge in [-0.15, -0.1) is 0 Å². The maximum Gasteiger partial charge on any atom is 0.222 e. The van der Waals surface area contributed by atoms with Crippen molar-refractivity contribution < 1.29 is 18.7 Å². The van der Waals surface area contributed by atoms with E-state index in [0.29, 0.717) is 12.0 Å². The molecule has 114 valence electrons. The van der Waals surface area contributed by atoms with Crippen LogP contribution in [0.2, 0.25) is 0 Å². The number of carbonyl (C=O) groups excluding carboxylic acids is 2. The van der Waals surface area contributed by atoms with Gasteiger partial charge in [0.2, 0.25) is 5.78 Å². The number of hydrogen-bond donors (Lipinski definition) is 0. The van der Waals surface area contributed by atoms with Crippen LogP contribution in [0.4, 0.5) is 4.39 Å². The fourth-order valence-electron chi connectivity index (χ4n) is 3.44. The molecule has 0 saturated heterocycles. The van der Waals surface area contributed by atoms with Crippen molar-refractivity contribution in [3.63, 3.8) is 0 Å². The van der Waals surface area contributed by atoms with Crippen molar-refractivity contribution >= 4 is 11.6 Å². The fraction of sp³-hybridized carbons (Fsp3) is 0.158. The number of ether oxygens (including phenoxy) is 1. The molecule has 4 heteroatoms. The highest BCUT2D eigenvalue weighted by Gasteiger charge is 2.31. The minimum atomic E-state index is -0.983. The topological polar surface area (TPSA) is 43.4 Å². The summed E-state index contributed by atoms with van der Waals surface area (Å²) in [6.45, 7) is 0. The summed E-state index contributed by atoms with van der Waals surface area (Å²) in [6.07, 6.45) is 2.20. The van der Waals surface area contributed by atoms with Crippen LogP contribution in [0.15, 0.2) is 42.2 Å². The third-order valence-corrected chi connectivity index (χ3v) is 4.53. The number of halogens is 1. The highest BCUT2D eigenvalue weighted by molar-refractivity contribution is 6.24. The van der Waals surface area contributed by atoms with Gasteiger partial charge in [-0.2, -0.15) is 0 Å². The van der Waals surface area contributed by atoms with Crippen LogP contribution in [0, 0.1) is 0 Å². The van der Waals surface area contributed by atoms with Crippen molar-refractivity contribution in [1.29, 1.82) is 0 Å². The molecule has 2 aliphatic rings. The van der Waals surface area contributed by atoms with Gasteiger partial charge in [-0.3, -0.25) is 9.59 Å². The summed E-state index contributed by atoms with van der Waals surface area (Å²) in [5, 5.41) is 0. The third-order valence-electron chi connectivity index (χ3n) is 4.53. The van der Waals surface area contributed by atoms with Gasteiger partial charge in [-0.05, 0) is 53.3 Å². The Morgan fingerprint density at radius 3 is 2.52 bits per heavy atom. The van der Waals surface area contributed by atoms with Crippen LogP contribution >= 0.6 is 0 Å². The van der Waals surface area contributed by atoms with E-state index in [9.17, 15) is 14.0 Å². The minimum absolute atomic E-state index is 0.172. The molecule has 2 aliphatic carbocycles. The van der Waals surface area contributed by atoms with Gasteiger partial charge in [-0.25, -0.2) is 4.39 Å². The van der Waals surface area contributed by atoms with Crippen molar-refractivity contribution in [1.82, 2.24) is 0 Å². The predicted octanol–water partition coefficient (Wildman–Crippen LogP) is 3.69. The number of ketones is 2. The lowest BCUT2D eigenvalue weighted by Gasteiger charge is -2.24. The summed E-state index contributed by atoms with van der Waals surface area (Å²) < 4.78 is 18.8. The average Bonchev–Trinajstić information content (AvgIpc) is 2.57. The molecular formula is C19H13FO3. The summed E-state index contributed by atoms with van der Waals surface area (Å²) in [5.41, 5.74) is 4.48. The number of methoxy groups -OCH3 is 1. The quantitative estimate of drug-likeness (QED) is 0.807. The second-order valence-corrected chi connectivity index (χ2v) is 5.72. The Bertz CT molecular complexity index is 909. The number of hydrogen-bond acceptors (Lipinski definition) is 3. The number of aryl methyl sites for hydroxylation is 1. The normalized spacial score (nSPS) is 15.5. The van der Waals surface area contributed by atoms with Crippen LogP contribution in [-0.2, 0) is 12.8 Å². The Morgan fingerprint density at radius 1 is 1.00 bits per heavy atom. The molecule has 0 bridgehead atoms. The van der Waals surface area contributed by atoms with Gasteiger partial charge < -0.3 is 4.74 Å². The SMILES string of the molecule is COc1ccc2c(c1)CCc1c-2ccc2c1C(=O)C=C(F)C2=O. The van der Waals surface area contributed by atoms with E-state index >= 15 is 0 Å². The van der Waals surface area contributed by atoms with Crippen molar-refractivity contribution in [3.05, 3.63) is 64.5 Å². The minimum Gasteiger partial charge on any atom is -0.497 e. The molecule has 4 rings (SSSR count). The number of fused-ring (bicyclic) bond motifs is 5. The Labute approximate surface area is 132 Å². The first-order valence-electron chi connectivity index (χ1n) is 7.39. The highest BCUT2D eigenvalue weighted by Crippen LogP contribution is 2.39. The van der Waals surface area contributed by atoms with Crippen molar-refractivity contribution in [2.24, 2.45) is 0 Å². The summed E-state index contributed by atoms with van der Waals surface area (Å²) in [5.74, 6) is -1.32. The molecule has 0 aliphatic heterocycles. The van der Waals surface area contributed by atoms with Gasteiger partial charge in [0.15, 0.2) is 11.6 Å². The van der Waals surface area contributed by atoms with Crippen LogP contribution in [0.25, 0.3) is 11.1 Å². The predicted molar refractivity (Wildman–Crippen MR) is 83.7 cm³/mol. The van der Waals surface area contributed by atoms with Crippen LogP contribution in [0.3, 0.4) is 0 Å². The lowest BCUT2D eigenvalue weighted by molar-refractivity contribution is 0.0962. The Morgan fingerprint density at radius 2 is 1.74 bits per heavy atom. The van der Waals surface area contributed by atoms with Gasteiger partial charge >= 0.3 is 0 Å². The fourth-order valence-corrected chi connectivity index (χ4v) is 3.44. The monoisotopic (exact) mass is 308 g/mol. The molecule has 0 radical (unpaired) electrons. The molecule has 0 fully saturated rings. The van der Waals surface area contributed by atoms with Crippen molar-refractivity contribution in [2.45, 2.75) is 12.8 Å². The zero-order valence-electron chi connectivity index (χ0n) is 12.5. The molecule has 0 amide bonds. The van der Waals surface area contributed by atoms with Crippen molar-refractivity contribution in [3.8, 4) is 16.9 Å². The molecule has 0 spiro atoms. The molecule has 0 heterocycles. The summed E-state index contributed by atoms with van der Waals surface area (Å²) in [6, 6.07) is 9.19. The van der Waals surface area contributed by atoms with Crippen molar-refractivity contribution in [2.75, 3.05) is 7.11 Å². The standard InChI is InChI=1S/C19H13FO3/c1-23-11-3-5-12-10(8-11)2-4-14-13(12)6-7-15-18(14)17(21)9-16(20)19(15)22/h3,5-9H,2,4H2,1H3. The number of carbonyl (C=O) groups is 2. The van der Waals surface area contributed by atoms with E-state index in [0.717, 1.165) is 40.5 Å². The number of allylic oxidation sites excluding steroid dienone is 2. The summed E-state index contributed by atoms with van der Waals surface area (Å²) >= 11 is 0. The summed E-state index contributed by atoms with van der Waals surface area (Å²) in [7, 11) is 1.63. The lowest BCUT2D eigenvalue weighted by atomic mass is 9.79. The van der Waals surface area contributed by atoms with Crippen LogP contribution in [-0.4, -0.2) is 18.7 Å². The lowest BCUT2D eigenvalue weighted by Crippen LogP contribution is -2.19. The average molecular weight is 308 g/mol. The molecule has 0 atom stereocenters. The van der Waals surface area contributed by atoms with Crippen LogP contribution < -0.4 is 4.74 Å². The van der Waals surface area contributed by atoms with E-state index in [1.54, 1.807) is 13.2 Å². The van der Waals surface area contributed by atoms with Gasteiger partial charge in [0.25, 0.3) is 0 Å². The van der Waals surface area contributed by atoms with Crippen LogP contribution in [0.5, 0.6) is 5.75 Å². The van der Waals surface area contributed by atoms with E-state index in [4.69, 9.17) is 4.74 Å². The first-order chi connectivity index (χ1) is 11.1. The second kappa shape index (κ2) is 4.88. The third kappa shape index (κ3) is 1.95. The maximum atomic E-state index is 13.5. The molecule has 2 aromatic rings. The Kier molecular flexibility index (Phi) is 2.94. The van der Waals surface area contributed by atoms with Gasteiger partial charge in [0.05, 0.1) is 7.11 Å².